The molecule has 5 heteroatoms. The summed E-state index contributed by atoms with van der Waals surface area (Å²) in [5.41, 5.74) is 0. The zero-order valence-corrected chi connectivity index (χ0v) is 12.4. The van der Waals surface area contributed by atoms with E-state index >= 15 is 0 Å². The Kier molecular flexibility index (Phi) is 6.82. The molecular formula is C14H21O4P. The summed E-state index contributed by atoms with van der Waals surface area (Å²) in [4.78, 5) is 10.8. The Bertz CT molecular complexity index is 430. The molecule has 106 valence electrons. The van der Waals surface area contributed by atoms with Crippen LogP contribution in [0.1, 0.15) is 26.7 Å². The number of ether oxygens (including phenoxy) is 1. The van der Waals surface area contributed by atoms with Crippen LogP contribution in [0, 0.1) is 0 Å². The largest absolute Gasteiger partial charge is 0.465 e. The molecule has 0 aliphatic carbocycles. The average Bonchev–Trinajstić information content (AvgIpc) is 2.40. The summed E-state index contributed by atoms with van der Waals surface area (Å²) >= 11 is 0. The lowest BCUT2D eigenvalue weighted by Crippen LogP contribution is -2.15. The minimum Gasteiger partial charge on any atom is -0.465 e. The lowest BCUT2D eigenvalue weighted by atomic mass is 10.4. The molecule has 0 aromatic heterocycles. The van der Waals surface area contributed by atoms with Gasteiger partial charge in [0.25, 0.3) is 0 Å². The smallest absolute Gasteiger partial charge is 0.302 e. The van der Waals surface area contributed by atoms with E-state index in [4.69, 9.17) is 9.26 Å². The molecule has 1 atom stereocenters. The SMILES string of the molecule is CCCCOP(=O)(CCOC(C)=O)c1ccccc1. The third-order valence-corrected chi connectivity index (χ3v) is 5.09. The van der Waals surface area contributed by atoms with Gasteiger partial charge in [0.1, 0.15) is 6.61 Å². The van der Waals surface area contributed by atoms with Crippen molar-refractivity contribution in [2.75, 3.05) is 19.4 Å². The van der Waals surface area contributed by atoms with Gasteiger partial charge in [-0.15, -0.1) is 0 Å². The zero-order valence-electron chi connectivity index (χ0n) is 11.5. The Balaban J connectivity index is 2.72. The minimum absolute atomic E-state index is 0.119. The molecule has 0 heterocycles. The zero-order chi connectivity index (χ0) is 14.1. The molecule has 19 heavy (non-hydrogen) atoms. The van der Waals surface area contributed by atoms with Crippen molar-refractivity contribution in [1.29, 1.82) is 0 Å². The van der Waals surface area contributed by atoms with Crippen molar-refractivity contribution in [3.63, 3.8) is 0 Å². The van der Waals surface area contributed by atoms with Gasteiger partial charge in [-0.05, 0) is 18.6 Å². The first-order chi connectivity index (χ1) is 9.08. The average molecular weight is 284 g/mol. The fraction of sp³-hybridized carbons (Fsp3) is 0.500. The van der Waals surface area contributed by atoms with Crippen LogP contribution in [-0.4, -0.2) is 25.3 Å². The Morgan fingerprint density at radius 2 is 1.89 bits per heavy atom. The first-order valence-electron chi connectivity index (χ1n) is 6.51. The van der Waals surface area contributed by atoms with Crippen LogP contribution in [0.3, 0.4) is 0 Å². The van der Waals surface area contributed by atoms with Gasteiger partial charge in [-0.1, -0.05) is 31.5 Å². The summed E-state index contributed by atoms with van der Waals surface area (Å²) in [7, 11) is -2.93. The monoisotopic (exact) mass is 284 g/mol. The number of unbranched alkanes of at least 4 members (excludes halogenated alkanes) is 1. The Morgan fingerprint density at radius 3 is 2.47 bits per heavy atom. The van der Waals surface area contributed by atoms with Crippen molar-refractivity contribution in [1.82, 2.24) is 0 Å². The molecule has 1 unspecified atom stereocenters. The number of hydrogen-bond donors (Lipinski definition) is 0. The molecule has 1 aromatic carbocycles. The number of esters is 1. The molecule has 0 saturated heterocycles. The molecule has 0 aliphatic heterocycles. The van der Waals surface area contributed by atoms with Gasteiger partial charge in [-0.25, -0.2) is 0 Å². The van der Waals surface area contributed by atoms with Gasteiger partial charge in [0, 0.05) is 12.2 Å². The van der Waals surface area contributed by atoms with Crippen LogP contribution in [0.5, 0.6) is 0 Å². The summed E-state index contributed by atoms with van der Waals surface area (Å²) in [6, 6.07) is 9.11. The van der Waals surface area contributed by atoms with E-state index in [9.17, 15) is 9.36 Å². The van der Waals surface area contributed by atoms with Gasteiger partial charge < -0.3 is 9.26 Å². The van der Waals surface area contributed by atoms with Gasteiger partial charge in [0.15, 0.2) is 0 Å². The second kappa shape index (κ2) is 8.13. The topological polar surface area (TPSA) is 52.6 Å². The van der Waals surface area contributed by atoms with E-state index in [0.717, 1.165) is 12.8 Å². The molecule has 0 N–H and O–H groups in total. The summed E-state index contributed by atoms with van der Waals surface area (Å²) in [6.07, 6.45) is 2.07. The van der Waals surface area contributed by atoms with Crippen molar-refractivity contribution >= 4 is 18.6 Å². The van der Waals surface area contributed by atoms with Crippen LogP contribution in [0.25, 0.3) is 0 Å². The Labute approximate surface area is 114 Å². The third kappa shape index (κ3) is 5.58. The standard InChI is InChI=1S/C14H21O4P/c1-3-4-10-18-19(16,12-11-17-13(2)15)14-8-6-5-7-9-14/h5-9H,3-4,10-12H2,1-2H3. The number of rotatable bonds is 8. The number of benzene rings is 1. The molecule has 1 rings (SSSR count). The van der Waals surface area contributed by atoms with Crippen LogP contribution in [-0.2, 0) is 18.6 Å². The lowest BCUT2D eigenvalue weighted by molar-refractivity contribution is -0.140. The van der Waals surface area contributed by atoms with Gasteiger partial charge in [-0.3, -0.25) is 9.36 Å². The Morgan fingerprint density at radius 1 is 1.21 bits per heavy atom. The van der Waals surface area contributed by atoms with E-state index in [2.05, 4.69) is 6.92 Å². The van der Waals surface area contributed by atoms with Crippen LogP contribution in [0.4, 0.5) is 0 Å². The quantitative estimate of drug-likeness (QED) is 0.418. The maximum Gasteiger partial charge on any atom is 0.302 e. The highest BCUT2D eigenvalue weighted by Gasteiger charge is 2.25. The molecule has 0 aliphatic rings. The summed E-state index contributed by atoms with van der Waals surface area (Å²) in [5, 5.41) is 0.679. The molecule has 1 aromatic rings. The van der Waals surface area contributed by atoms with Crippen molar-refractivity contribution in [3.8, 4) is 0 Å². The predicted molar refractivity (Wildman–Crippen MR) is 76.0 cm³/mol. The van der Waals surface area contributed by atoms with Crippen LogP contribution in [0.2, 0.25) is 0 Å². The van der Waals surface area contributed by atoms with Crippen molar-refractivity contribution < 1.29 is 18.6 Å². The number of carbonyl (C=O) groups is 1. The predicted octanol–water partition coefficient (Wildman–Crippen LogP) is 2.97. The number of carbonyl (C=O) groups excluding carboxylic acids is 1. The van der Waals surface area contributed by atoms with E-state index in [1.54, 1.807) is 12.1 Å². The highest BCUT2D eigenvalue weighted by atomic mass is 31.2. The van der Waals surface area contributed by atoms with Crippen LogP contribution in [0.15, 0.2) is 30.3 Å². The minimum atomic E-state index is -2.93. The highest BCUT2D eigenvalue weighted by Crippen LogP contribution is 2.45. The Hall–Kier alpha value is -1.12. The van der Waals surface area contributed by atoms with E-state index in [1.807, 2.05) is 18.2 Å². The molecular weight excluding hydrogens is 263 g/mol. The fourth-order valence-electron chi connectivity index (χ4n) is 1.59. The third-order valence-electron chi connectivity index (χ3n) is 2.64. The molecule has 0 amide bonds. The first-order valence-corrected chi connectivity index (χ1v) is 8.32. The van der Waals surface area contributed by atoms with Crippen LogP contribution < -0.4 is 5.30 Å². The molecule has 0 radical (unpaired) electrons. The van der Waals surface area contributed by atoms with Gasteiger partial charge >= 0.3 is 5.97 Å². The molecule has 0 fully saturated rings. The van der Waals surface area contributed by atoms with Crippen molar-refractivity contribution in [2.45, 2.75) is 26.7 Å². The molecule has 0 spiro atoms. The molecule has 4 nitrogen and oxygen atoms in total. The molecule has 0 bridgehead atoms. The van der Waals surface area contributed by atoms with E-state index in [-0.39, 0.29) is 18.7 Å². The lowest BCUT2D eigenvalue weighted by Gasteiger charge is -2.18. The maximum atomic E-state index is 12.9. The van der Waals surface area contributed by atoms with Crippen molar-refractivity contribution in [3.05, 3.63) is 30.3 Å². The highest BCUT2D eigenvalue weighted by molar-refractivity contribution is 7.67. The second-order valence-electron chi connectivity index (χ2n) is 4.26. The fourth-order valence-corrected chi connectivity index (χ4v) is 3.51. The molecule has 0 saturated carbocycles. The van der Waals surface area contributed by atoms with E-state index < -0.39 is 7.37 Å². The normalized spacial score (nSPS) is 13.8. The van der Waals surface area contributed by atoms with E-state index in [1.165, 1.54) is 6.92 Å². The van der Waals surface area contributed by atoms with Crippen molar-refractivity contribution in [2.24, 2.45) is 0 Å². The summed E-state index contributed by atoms with van der Waals surface area (Å²) < 4.78 is 23.3. The summed E-state index contributed by atoms with van der Waals surface area (Å²) in [5.74, 6) is -0.367. The first kappa shape index (κ1) is 15.9. The maximum absolute atomic E-state index is 12.9. The van der Waals surface area contributed by atoms with Gasteiger partial charge in [0.2, 0.25) is 7.37 Å². The van der Waals surface area contributed by atoms with Gasteiger partial charge in [0.05, 0.1) is 12.8 Å². The van der Waals surface area contributed by atoms with E-state index in [0.29, 0.717) is 11.9 Å². The van der Waals surface area contributed by atoms with Gasteiger partial charge in [-0.2, -0.15) is 0 Å². The summed E-state index contributed by atoms with van der Waals surface area (Å²) in [6.45, 7) is 3.97. The second-order valence-corrected chi connectivity index (χ2v) is 6.83. The van der Waals surface area contributed by atoms with Crippen LogP contribution >= 0.6 is 7.37 Å². The number of hydrogen-bond acceptors (Lipinski definition) is 4.